The van der Waals surface area contributed by atoms with Gasteiger partial charge in [-0.25, -0.2) is 0 Å². The summed E-state index contributed by atoms with van der Waals surface area (Å²) in [6, 6.07) is 2.83. The van der Waals surface area contributed by atoms with E-state index in [0.717, 1.165) is 11.6 Å². The molecule has 15 heavy (non-hydrogen) atoms. The van der Waals surface area contributed by atoms with Gasteiger partial charge in [-0.2, -0.15) is 4.98 Å². The number of aromatic amines is 1. The Morgan fingerprint density at radius 1 is 1.47 bits per heavy atom. The molecule has 0 radical (unpaired) electrons. The molecule has 0 aliphatic carbocycles. The lowest BCUT2D eigenvalue weighted by molar-refractivity contribution is 0.452. The van der Waals surface area contributed by atoms with E-state index in [2.05, 4.69) is 15.0 Å². The molecule has 0 fully saturated rings. The van der Waals surface area contributed by atoms with Crippen molar-refractivity contribution < 1.29 is 5.11 Å². The van der Waals surface area contributed by atoms with Crippen molar-refractivity contribution in [1.29, 1.82) is 0 Å². The molecule has 0 bridgehead atoms. The normalized spacial score (nSPS) is 10.2. The van der Waals surface area contributed by atoms with Gasteiger partial charge >= 0.3 is 0 Å². The third kappa shape index (κ3) is 1.85. The minimum absolute atomic E-state index is 0.294. The van der Waals surface area contributed by atoms with Crippen LogP contribution in [-0.4, -0.2) is 20.1 Å². The molecule has 0 atom stereocenters. The molecule has 0 aromatic carbocycles. The van der Waals surface area contributed by atoms with Gasteiger partial charge in [-0.3, -0.25) is 9.78 Å². The van der Waals surface area contributed by atoms with Gasteiger partial charge in [0, 0.05) is 18.0 Å². The van der Waals surface area contributed by atoms with E-state index in [9.17, 15) is 9.90 Å². The summed E-state index contributed by atoms with van der Waals surface area (Å²) in [5.41, 5.74) is 1.24. The van der Waals surface area contributed by atoms with Crippen molar-refractivity contribution >= 4 is 0 Å². The molecule has 5 heteroatoms. The van der Waals surface area contributed by atoms with Crippen molar-refractivity contribution in [1.82, 2.24) is 15.0 Å². The van der Waals surface area contributed by atoms with Gasteiger partial charge in [0.05, 0.1) is 6.07 Å². The Labute approximate surface area is 85.5 Å². The molecule has 2 heterocycles. The van der Waals surface area contributed by atoms with E-state index >= 15 is 0 Å². The van der Waals surface area contributed by atoms with Crippen LogP contribution in [0.3, 0.4) is 0 Å². The van der Waals surface area contributed by atoms with Crippen LogP contribution in [0.25, 0.3) is 11.4 Å². The number of hydrogen-bond acceptors (Lipinski definition) is 4. The molecule has 2 aromatic heterocycles. The molecule has 0 spiro atoms. The summed E-state index contributed by atoms with van der Waals surface area (Å²) in [4.78, 5) is 21.4. The highest BCUT2D eigenvalue weighted by molar-refractivity contribution is 5.58. The van der Waals surface area contributed by atoms with Crippen molar-refractivity contribution in [2.45, 2.75) is 6.92 Å². The van der Waals surface area contributed by atoms with Crippen LogP contribution in [0.1, 0.15) is 5.56 Å². The van der Waals surface area contributed by atoms with Crippen molar-refractivity contribution in [3.05, 3.63) is 40.4 Å². The lowest BCUT2D eigenvalue weighted by Crippen LogP contribution is -2.07. The highest BCUT2D eigenvalue weighted by Crippen LogP contribution is 2.17. The molecule has 0 amide bonds. The fourth-order valence-electron chi connectivity index (χ4n) is 1.28. The molecule has 5 nitrogen and oxygen atoms in total. The monoisotopic (exact) mass is 203 g/mol. The lowest BCUT2D eigenvalue weighted by Gasteiger charge is -2.03. The first-order valence-electron chi connectivity index (χ1n) is 4.38. The van der Waals surface area contributed by atoms with Crippen molar-refractivity contribution in [2.24, 2.45) is 0 Å². The van der Waals surface area contributed by atoms with Crippen molar-refractivity contribution in [2.75, 3.05) is 0 Å². The molecule has 0 aliphatic heterocycles. The van der Waals surface area contributed by atoms with E-state index in [1.807, 2.05) is 6.92 Å². The summed E-state index contributed by atoms with van der Waals surface area (Å²) in [5.74, 6) is 0.0302. The molecule has 0 aliphatic rings. The number of nitrogens with zero attached hydrogens (tertiary/aromatic N) is 2. The minimum atomic E-state index is -0.388. The third-order valence-corrected chi connectivity index (χ3v) is 2.02. The number of rotatable bonds is 1. The molecule has 2 rings (SSSR count). The Balaban J connectivity index is 2.64. The predicted octanol–water partition coefficient (Wildman–Crippen LogP) is 0.846. The van der Waals surface area contributed by atoms with Crippen LogP contribution in [0.4, 0.5) is 0 Å². The smallest absolute Gasteiger partial charge is 0.254 e. The number of hydrogen-bond donors (Lipinski definition) is 2. The van der Waals surface area contributed by atoms with Crippen LogP contribution in [0.15, 0.2) is 29.3 Å². The highest BCUT2D eigenvalue weighted by atomic mass is 16.3. The minimum Gasteiger partial charge on any atom is -0.493 e. The molecule has 2 N–H and O–H groups in total. The van der Waals surface area contributed by atoms with Crippen LogP contribution in [0, 0.1) is 6.92 Å². The maximum atomic E-state index is 11.1. The Morgan fingerprint density at radius 3 is 2.93 bits per heavy atom. The van der Waals surface area contributed by atoms with E-state index in [1.54, 1.807) is 18.5 Å². The molecule has 0 unspecified atom stereocenters. The maximum Gasteiger partial charge on any atom is 0.254 e. The van der Waals surface area contributed by atoms with E-state index in [0.29, 0.717) is 11.4 Å². The van der Waals surface area contributed by atoms with Crippen LogP contribution < -0.4 is 5.56 Å². The van der Waals surface area contributed by atoms with Gasteiger partial charge in [-0.15, -0.1) is 0 Å². The molecular weight excluding hydrogens is 194 g/mol. The van der Waals surface area contributed by atoms with Crippen LogP contribution in [0.2, 0.25) is 0 Å². The average Bonchev–Trinajstić information content (AvgIpc) is 2.16. The van der Waals surface area contributed by atoms with Gasteiger partial charge in [-0.1, -0.05) is 0 Å². The van der Waals surface area contributed by atoms with Crippen LogP contribution in [0.5, 0.6) is 5.88 Å². The first kappa shape index (κ1) is 9.39. The van der Waals surface area contributed by atoms with Gasteiger partial charge in [0.15, 0.2) is 0 Å². The fraction of sp³-hybridized carbons (Fsp3) is 0.100. The SMILES string of the molecule is Cc1ccncc1-c1nc(O)cc(=O)[nH]1. The van der Waals surface area contributed by atoms with E-state index in [1.165, 1.54) is 0 Å². The summed E-state index contributed by atoms with van der Waals surface area (Å²) >= 11 is 0. The van der Waals surface area contributed by atoms with Gasteiger partial charge in [0.1, 0.15) is 5.82 Å². The predicted molar refractivity (Wildman–Crippen MR) is 54.5 cm³/mol. The number of pyridine rings is 1. The van der Waals surface area contributed by atoms with Crippen molar-refractivity contribution in [3.8, 4) is 17.3 Å². The standard InChI is InChI=1S/C10H9N3O2/c1-6-2-3-11-5-7(6)10-12-8(14)4-9(15)13-10/h2-5H,1H3,(H2,12,13,14,15). The summed E-state index contributed by atoms with van der Waals surface area (Å²) in [6.07, 6.45) is 3.24. The first-order chi connectivity index (χ1) is 7.16. The van der Waals surface area contributed by atoms with Gasteiger partial charge in [-0.05, 0) is 18.6 Å². The number of nitrogens with one attached hydrogen (secondary N) is 1. The van der Waals surface area contributed by atoms with Crippen LogP contribution in [-0.2, 0) is 0 Å². The van der Waals surface area contributed by atoms with E-state index < -0.39 is 0 Å². The van der Waals surface area contributed by atoms with Gasteiger partial charge in [0.2, 0.25) is 5.88 Å². The zero-order valence-electron chi connectivity index (χ0n) is 8.06. The average molecular weight is 203 g/mol. The molecule has 0 saturated carbocycles. The maximum absolute atomic E-state index is 11.1. The summed E-state index contributed by atoms with van der Waals surface area (Å²) < 4.78 is 0. The van der Waals surface area contributed by atoms with Crippen LogP contribution >= 0.6 is 0 Å². The zero-order chi connectivity index (χ0) is 10.8. The van der Waals surface area contributed by atoms with Gasteiger partial charge < -0.3 is 10.1 Å². The topological polar surface area (TPSA) is 78.9 Å². The lowest BCUT2D eigenvalue weighted by atomic mass is 10.1. The number of aromatic hydroxyl groups is 1. The Hall–Kier alpha value is -2.17. The summed E-state index contributed by atoms with van der Waals surface area (Å²) in [7, 11) is 0. The van der Waals surface area contributed by atoms with Crippen molar-refractivity contribution in [3.63, 3.8) is 0 Å². The number of aromatic nitrogens is 3. The number of aryl methyl sites for hydroxylation is 1. The largest absolute Gasteiger partial charge is 0.493 e. The fourth-order valence-corrected chi connectivity index (χ4v) is 1.28. The highest BCUT2D eigenvalue weighted by Gasteiger charge is 2.05. The molecule has 0 saturated heterocycles. The third-order valence-electron chi connectivity index (χ3n) is 2.02. The Bertz CT molecular complexity index is 548. The second-order valence-corrected chi connectivity index (χ2v) is 3.14. The molecular formula is C10H9N3O2. The molecule has 2 aromatic rings. The number of H-pyrrole nitrogens is 1. The van der Waals surface area contributed by atoms with E-state index in [4.69, 9.17) is 0 Å². The second kappa shape index (κ2) is 3.53. The molecule has 76 valence electrons. The summed E-state index contributed by atoms with van der Waals surface area (Å²) in [6.45, 7) is 1.88. The Kier molecular flexibility index (Phi) is 2.21. The zero-order valence-corrected chi connectivity index (χ0v) is 8.06. The Morgan fingerprint density at radius 2 is 2.27 bits per heavy atom. The quantitative estimate of drug-likeness (QED) is 0.720. The summed E-state index contributed by atoms with van der Waals surface area (Å²) in [5, 5.41) is 9.19. The van der Waals surface area contributed by atoms with Gasteiger partial charge in [0.25, 0.3) is 5.56 Å². The second-order valence-electron chi connectivity index (χ2n) is 3.14. The first-order valence-corrected chi connectivity index (χ1v) is 4.38. The van der Waals surface area contributed by atoms with E-state index in [-0.39, 0.29) is 11.4 Å².